The van der Waals surface area contributed by atoms with Crippen LogP contribution in [0.5, 0.6) is 5.75 Å². The van der Waals surface area contributed by atoms with Crippen molar-refractivity contribution in [3.8, 4) is 5.75 Å². The van der Waals surface area contributed by atoms with Gasteiger partial charge in [0.25, 0.3) is 0 Å². The molecule has 1 aliphatic carbocycles. The lowest BCUT2D eigenvalue weighted by molar-refractivity contribution is 0.123. The minimum absolute atomic E-state index is 0. The van der Waals surface area contributed by atoms with Gasteiger partial charge in [-0.05, 0) is 49.8 Å². The van der Waals surface area contributed by atoms with E-state index in [4.69, 9.17) is 4.74 Å². The molecule has 0 atom stereocenters. The van der Waals surface area contributed by atoms with E-state index in [-0.39, 0.29) is 29.7 Å². The lowest BCUT2D eigenvalue weighted by Crippen LogP contribution is -2.38. The van der Waals surface area contributed by atoms with Gasteiger partial charge in [0.05, 0.1) is 6.54 Å². The highest BCUT2D eigenvalue weighted by Crippen LogP contribution is 2.28. The van der Waals surface area contributed by atoms with Crippen LogP contribution < -0.4 is 10.6 Å². The maximum atomic E-state index is 13.3. The Kier molecular flexibility index (Phi) is 10.0. The van der Waals surface area contributed by atoms with Crippen LogP contribution in [-0.2, 0) is 11.3 Å². The quantitative estimate of drug-likeness (QED) is 0.234. The van der Waals surface area contributed by atoms with E-state index in [1.165, 1.54) is 25.0 Å². The number of aromatic hydroxyl groups is 1. The smallest absolute Gasteiger partial charge is 0.191 e. The molecule has 0 aliphatic heterocycles. The van der Waals surface area contributed by atoms with Crippen LogP contribution in [0.25, 0.3) is 0 Å². The molecule has 0 spiro atoms. The van der Waals surface area contributed by atoms with E-state index in [2.05, 4.69) is 15.6 Å². The van der Waals surface area contributed by atoms with Crippen LogP contribution in [0.3, 0.4) is 0 Å². The first kappa shape index (κ1) is 21.0. The fraction of sp³-hybridized carbons (Fsp3) is 0.588. The minimum atomic E-state index is -0.622. The number of phenols is 1. The van der Waals surface area contributed by atoms with Gasteiger partial charge in [-0.1, -0.05) is 6.07 Å². The van der Waals surface area contributed by atoms with Crippen LogP contribution >= 0.6 is 24.0 Å². The molecular weight excluding hydrogens is 424 g/mol. The Hall–Kier alpha value is -1.09. The maximum absolute atomic E-state index is 13.3. The van der Waals surface area contributed by atoms with Gasteiger partial charge >= 0.3 is 0 Å². The van der Waals surface area contributed by atoms with E-state index in [1.807, 2.05) is 6.92 Å². The fourth-order valence-corrected chi connectivity index (χ4v) is 2.08. The fourth-order valence-electron chi connectivity index (χ4n) is 2.08. The first-order chi connectivity index (χ1) is 11.2. The summed E-state index contributed by atoms with van der Waals surface area (Å²) in [5.41, 5.74) is 0.713. The van der Waals surface area contributed by atoms with Crippen LogP contribution in [0.2, 0.25) is 0 Å². The Morgan fingerprint density at radius 1 is 1.38 bits per heavy atom. The second-order valence-electron chi connectivity index (χ2n) is 5.78. The molecule has 1 aliphatic rings. The number of rotatable bonds is 9. The van der Waals surface area contributed by atoms with Crippen LogP contribution in [0.4, 0.5) is 4.39 Å². The lowest BCUT2D eigenvalue weighted by Gasteiger charge is -2.11. The van der Waals surface area contributed by atoms with Gasteiger partial charge in [0.1, 0.15) is 0 Å². The van der Waals surface area contributed by atoms with E-state index >= 15 is 0 Å². The van der Waals surface area contributed by atoms with Crippen molar-refractivity contribution in [3.05, 3.63) is 29.6 Å². The third kappa shape index (κ3) is 8.14. The topological polar surface area (TPSA) is 65.9 Å². The van der Waals surface area contributed by atoms with Gasteiger partial charge in [-0.3, -0.25) is 0 Å². The van der Waals surface area contributed by atoms with Gasteiger partial charge in [-0.15, -0.1) is 24.0 Å². The Morgan fingerprint density at radius 2 is 2.17 bits per heavy atom. The number of nitrogens with one attached hydrogen (secondary N) is 2. The standard InChI is InChI=1S/C17H26FN3O2.HI/c1-2-19-17(20-8-3-9-23-12-13-4-5-13)21-11-14-6-7-16(22)15(18)10-14;/h6-7,10,13,22H,2-5,8-9,11-12H2,1H3,(H2,19,20,21);1H. The van der Waals surface area contributed by atoms with Gasteiger partial charge in [0.2, 0.25) is 0 Å². The van der Waals surface area contributed by atoms with Gasteiger partial charge < -0.3 is 20.5 Å². The van der Waals surface area contributed by atoms with Gasteiger partial charge in [0, 0.05) is 26.3 Å². The van der Waals surface area contributed by atoms with Crippen LogP contribution in [-0.4, -0.2) is 37.4 Å². The monoisotopic (exact) mass is 451 g/mol. The van der Waals surface area contributed by atoms with Crippen LogP contribution in [0.1, 0.15) is 31.7 Å². The molecule has 7 heteroatoms. The van der Waals surface area contributed by atoms with Gasteiger partial charge in [-0.2, -0.15) is 0 Å². The highest BCUT2D eigenvalue weighted by atomic mass is 127. The lowest BCUT2D eigenvalue weighted by atomic mass is 10.2. The molecular formula is C17H27FIN3O2. The molecule has 2 rings (SSSR count). The third-order valence-electron chi connectivity index (χ3n) is 3.58. The molecule has 3 N–H and O–H groups in total. The summed E-state index contributed by atoms with van der Waals surface area (Å²) in [5.74, 6) is 0.535. The molecule has 0 unspecified atom stereocenters. The average Bonchev–Trinajstić information content (AvgIpc) is 3.35. The van der Waals surface area contributed by atoms with Crippen molar-refractivity contribution < 1.29 is 14.2 Å². The molecule has 24 heavy (non-hydrogen) atoms. The van der Waals surface area contributed by atoms with E-state index < -0.39 is 5.82 Å². The second kappa shape index (κ2) is 11.5. The normalized spacial score (nSPS) is 14.2. The van der Waals surface area contributed by atoms with E-state index in [0.717, 1.165) is 38.6 Å². The number of phenolic OH excluding ortho intramolecular Hbond substituents is 1. The first-order valence-electron chi connectivity index (χ1n) is 8.26. The molecule has 5 nitrogen and oxygen atoms in total. The minimum Gasteiger partial charge on any atom is -0.505 e. The number of hydrogen-bond donors (Lipinski definition) is 3. The molecule has 136 valence electrons. The summed E-state index contributed by atoms with van der Waals surface area (Å²) in [4.78, 5) is 4.42. The van der Waals surface area contributed by atoms with Crippen molar-refractivity contribution in [1.29, 1.82) is 0 Å². The van der Waals surface area contributed by atoms with Gasteiger partial charge in [-0.25, -0.2) is 9.38 Å². The number of nitrogens with zero attached hydrogens (tertiary/aromatic N) is 1. The van der Waals surface area contributed by atoms with Crippen LogP contribution in [0.15, 0.2) is 23.2 Å². The highest BCUT2D eigenvalue weighted by Gasteiger charge is 2.20. The maximum Gasteiger partial charge on any atom is 0.191 e. The summed E-state index contributed by atoms with van der Waals surface area (Å²) in [6.07, 6.45) is 3.55. The first-order valence-corrected chi connectivity index (χ1v) is 8.26. The Labute approximate surface area is 160 Å². The summed E-state index contributed by atoms with van der Waals surface area (Å²) >= 11 is 0. The molecule has 1 aromatic carbocycles. The molecule has 0 saturated heterocycles. The van der Waals surface area contributed by atoms with E-state index in [1.54, 1.807) is 6.07 Å². The summed E-state index contributed by atoms with van der Waals surface area (Å²) < 4.78 is 18.9. The van der Waals surface area contributed by atoms with Crippen molar-refractivity contribution in [1.82, 2.24) is 10.6 Å². The van der Waals surface area contributed by atoms with E-state index in [9.17, 15) is 9.50 Å². The summed E-state index contributed by atoms with van der Waals surface area (Å²) in [6, 6.07) is 4.31. The molecule has 1 saturated carbocycles. The zero-order valence-corrected chi connectivity index (χ0v) is 16.4. The van der Waals surface area contributed by atoms with Crippen molar-refractivity contribution in [2.24, 2.45) is 10.9 Å². The predicted molar refractivity (Wildman–Crippen MR) is 104 cm³/mol. The highest BCUT2D eigenvalue weighted by molar-refractivity contribution is 14.0. The van der Waals surface area contributed by atoms with Crippen molar-refractivity contribution >= 4 is 29.9 Å². The summed E-state index contributed by atoms with van der Waals surface area (Å²) in [6.45, 7) is 5.53. The number of benzene rings is 1. The SMILES string of the molecule is CCNC(=NCc1ccc(O)c(F)c1)NCCCOCC1CC1.I. The van der Waals surface area contributed by atoms with Gasteiger partial charge in [0.15, 0.2) is 17.5 Å². The predicted octanol–water partition coefficient (Wildman–Crippen LogP) is 3.02. The number of halogens is 2. The molecule has 0 radical (unpaired) electrons. The molecule has 0 heterocycles. The average molecular weight is 451 g/mol. The Morgan fingerprint density at radius 3 is 2.83 bits per heavy atom. The van der Waals surface area contributed by atoms with Crippen molar-refractivity contribution in [2.75, 3.05) is 26.3 Å². The molecule has 1 fully saturated rings. The number of hydrogen-bond acceptors (Lipinski definition) is 3. The molecule has 1 aromatic rings. The summed E-state index contributed by atoms with van der Waals surface area (Å²) in [5, 5.41) is 15.6. The van der Waals surface area contributed by atoms with Crippen molar-refractivity contribution in [3.63, 3.8) is 0 Å². The number of guanidine groups is 1. The number of aliphatic imine (C=N–C) groups is 1. The second-order valence-corrected chi connectivity index (χ2v) is 5.78. The molecule has 0 amide bonds. The molecule has 0 aromatic heterocycles. The van der Waals surface area contributed by atoms with E-state index in [0.29, 0.717) is 18.1 Å². The zero-order chi connectivity index (χ0) is 16.5. The Balaban J connectivity index is 0.00000288. The van der Waals surface area contributed by atoms with Crippen molar-refractivity contribution in [2.45, 2.75) is 32.7 Å². The van der Waals surface area contributed by atoms with Crippen LogP contribution in [0, 0.1) is 11.7 Å². The summed E-state index contributed by atoms with van der Waals surface area (Å²) in [7, 11) is 0. The zero-order valence-electron chi connectivity index (χ0n) is 14.1. The largest absolute Gasteiger partial charge is 0.505 e. The third-order valence-corrected chi connectivity index (χ3v) is 3.58. The Bertz CT molecular complexity index is 525. The molecule has 0 bridgehead atoms. The number of ether oxygens (including phenoxy) is 1.